The van der Waals surface area contributed by atoms with E-state index in [0.29, 0.717) is 18.0 Å². The second-order valence-corrected chi connectivity index (χ2v) is 7.01. The summed E-state index contributed by atoms with van der Waals surface area (Å²) >= 11 is 0. The standard InChI is InChI=1S/C17H17NO3S/c1-13-8-10-15(11-9-13)22(19,20)18-12-4-6-14-5-3-7-16(21-2)17(14)18/h3-11H,12H2,1-2H3. The van der Waals surface area contributed by atoms with Gasteiger partial charge >= 0.3 is 0 Å². The van der Waals surface area contributed by atoms with Gasteiger partial charge in [-0.3, -0.25) is 4.31 Å². The molecule has 0 aromatic heterocycles. The maximum absolute atomic E-state index is 13.0. The third kappa shape index (κ3) is 2.37. The molecule has 0 atom stereocenters. The topological polar surface area (TPSA) is 46.6 Å². The Morgan fingerprint density at radius 2 is 1.82 bits per heavy atom. The molecular formula is C17H17NO3S. The molecule has 1 aliphatic heterocycles. The number of fused-ring (bicyclic) bond motifs is 1. The first-order valence-electron chi connectivity index (χ1n) is 6.97. The normalized spacial score (nSPS) is 13.8. The average Bonchev–Trinajstić information content (AvgIpc) is 2.54. The van der Waals surface area contributed by atoms with Crippen LogP contribution in [0.5, 0.6) is 5.75 Å². The lowest BCUT2D eigenvalue weighted by molar-refractivity contribution is 0.415. The van der Waals surface area contributed by atoms with Crippen LogP contribution in [0.2, 0.25) is 0 Å². The van der Waals surface area contributed by atoms with Crippen LogP contribution in [-0.4, -0.2) is 22.1 Å². The number of nitrogens with zero attached hydrogens (tertiary/aromatic N) is 1. The Morgan fingerprint density at radius 3 is 2.50 bits per heavy atom. The van der Waals surface area contributed by atoms with Crippen molar-refractivity contribution >= 4 is 21.8 Å². The smallest absolute Gasteiger partial charge is 0.264 e. The Balaban J connectivity index is 2.14. The van der Waals surface area contributed by atoms with Gasteiger partial charge < -0.3 is 4.74 Å². The summed E-state index contributed by atoms with van der Waals surface area (Å²) in [7, 11) is -2.08. The van der Waals surface area contributed by atoms with Crippen LogP contribution >= 0.6 is 0 Å². The van der Waals surface area contributed by atoms with Crippen molar-refractivity contribution in [2.75, 3.05) is 18.0 Å². The van der Waals surface area contributed by atoms with E-state index in [1.165, 1.54) is 4.31 Å². The largest absolute Gasteiger partial charge is 0.495 e. The minimum atomic E-state index is -3.62. The van der Waals surface area contributed by atoms with Gasteiger partial charge in [0, 0.05) is 5.56 Å². The van der Waals surface area contributed by atoms with Gasteiger partial charge in [-0.05, 0) is 25.1 Å². The van der Waals surface area contributed by atoms with Crippen molar-refractivity contribution < 1.29 is 13.2 Å². The van der Waals surface area contributed by atoms with Crippen molar-refractivity contribution in [1.82, 2.24) is 0 Å². The highest BCUT2D eigenvalue weighted by atomic mass is 32.2. The summed E-state index contributed by atoms with van der Waals surface area (Å²) < 4.78 is 32.7. The number of rotatable bonds is 3. The molecule has 2 aromatic rings. The van der Waals surface area contributed by atoms with E-state index in [0.717, 1.165) is 11.1 Å². The van der Waals surface area contributed by atoms with Crippen LogP contribution < -0.4 is 9.04 Å². The van der Waals surface area contributed by atoms with Crippen LogP contribution in [-0.2, 0) is 10.0 Å². The Morgan fingerprint density at radius 1 is 1.09 bits per heavy atom. The molecule has 114 valence electrons. The second kappa shape index (κ2) is 5.50. The summed E-state index contributed by atoms with van der Waals surface area (Å²) in [6.07, 6.45) is 3.76. The minimum Gasteiger partial charge on any atom is -0.495 e. The highest BCUT2D eigenvalue weighted by Gasteiger charge is 2.29. The van der Waals surface area contributed by atoms with E-state index >= 15 is 0 Å². The van der Waals surface area contributed by atoms with E-state index in [2.05, 4.69) is 0 Å². The SMILES string of the molecule is COc1cccc2c1N(S(=O)(=O)c1ccc(C)cc1)CC=C2. The fraction of sp³-hybridized carbons (Fsp3) is 0.176. The van der Waals surface area contributed by atoms with E-state index in [1.807, 2.05) is 31.2 Å². The third-order valence-corrected chi connectivity index (χ3v) is 5.46. The van der Waals surface area contributed by atoms with Gasteiger partial charge in [-0.25, -0.2) is 8.42 Å². The van der Waals surface area contributed by atoms with Crippen LogP contribution in [0.15, 0.2) is 53.4 Å². The molecule has 0 aliphatic carbocycles. The molecule has 1 heterocycles. The number of methoxy groups -OCH3 is 1. The van der Waals surface area contributed by atoms with Crippen LogP contribution in [0, 0.1) is 6.92 Å². The number of anilines is 1. The molecular weight excluding hydrogens is 298 g/mol. The first-order chi connectivity index (χ1) is 10.5. The molecule has 0 bridgehead atoms. The fourth-order valence-electron chi connectivity index (χ4n) is 2.53. The van der Waals surface area contributed by atoms with Crippen molar-refractivity contribution in [2.45, 2.75) is 11.8 Å². The molecule has 0 amide bonds. The number of aryl methyl sites for hydroxylation is 1. The summed E-state index contributed by atoms with van der Waals surface area (Å²) in [6, 6.07) is 12.4. The number of ether oxygens (including phenoxy) is 1. The third-order valence-electron chi connectivity index (χ3n) is 3.68. The minimum absolute atomic E-state index is 0.283. The van der Waals surface area contributed by atoms with E-state index in [9.17, 15) is 8.42 Å². The Hall–Kier alpha value is -2.27. The lowest BCUT2D eigenvalue weighted by Crippen LogP contribution is -2.33. The van der Waals surface area contributed by atoms with Crippen LogP contribution in [0.25, 0.3) is 6.08 Å². The molecule has 0 N–H and O–H groups in total. The van der Waals surface area contributed by atoms with E-state index in [1.54, 1.807) is 37.4 Å². The molecule has 2 aromatic carbocycles. The zero-order valence-corrected chi connectivity index (χ0v) is 13.3. The van der Waals surface area contributed by atoms with Gasteiger partial charge in [0.15, 0.2) is 0 Å². The number of hydrogen-bond acceptors (Lipinski definition) is 3. The zero-order valence-electron chi connectivity index (χ0n) is 12.5. The van der Waals surface area contributed by atoms with E-state index in [4.69, 9.17) is 4.74 Å². The van der Waals surface area contributed by atoms with Crippen molar-refractivity contribution in [2.24, 2.45) is 0 Å². The first kappa shape index (κ1) is 14.7. The molecule has 0 saturated heterocycles. The molecule has 1 aliphatic rings. The summed E-state index contributed by atoms with van der Waals surface area (Å²) in [5.74, 6) is 0.553. The predicted octanol–water partition coefficient (Wildman–Crippen LogP) is 3.23. The van der Waals surface area contributed by atoms with E-state index < -0.39 is 10.0 Å². The highest BCUT2D eigenvalue weighted by Crippen LogP contribution is 2.38. The number of sulfonamides is 1. The molecule has 0 fully saturated rings. The molecule has 0 saturated carbocycles. The number of para-hydroxylation sites is 1. The van der Waals surface area contributed by atoms with Gasteiger partial charge in [0.1, 0.15) is 11.4 Å². The summed E-state index contributed by atoms with van der Waals surface area (Å²) in [4.78, 5) is 0.283. The number of hydrogen-bond donors (Lipinski definition) is 0. The predicted molar refractivity (Wildman–Crippen MR) is 87.7 cm³/mol. The Kier molecular flexibility index (Phi) is 3.66. The molecule has 4 nitrogen and oxygen atoms in total. The molecule has 22 heavy (non-hydrogen) atoms. The Labute approximate surface area is 130 Å². The lowest BCUT2D eigenvalue weighted by Gasteiger charge is -2.29. The summed E-state index contributed by atoms with van der Waals surface area (Å²) in [6.45, 7) is 2.22. The average molecular weight is 315 g/mol. The maximum atomic E-state index is 13.0. The first-order valence-corrected chi connectivity index (χ1v) is 8.41. The Bertz CT molecular complexity index is 823. The van der Waals surface area contributed by atoms with Gasteiger partial charge in [-0.1, -0.05) is 42.0 Å². The highest BCUT2D eigenvalue weighted by molar-refractivity contribution is 7.92. The van der Waals surface area contributed by atoms with Crippen molar-refractivity contribution in [3.8, 4) is 5.75 Å². The van der Waals surface area contributed by atoms with Crippen molar-refractivity contribution in [1.29, 1.82) is 0 Å². The van der Waals surface area contributed by atoms with E-state index in [-0.39, 0.29) is 4.90 Å². The van der Waals surface area contributed by atoms with Crippen LogP contribution in [0.3, 0.4) is 0 Å². The van der Waals surface area contributed by atoms with Crippen LogP contribution in [0.4, 0.5) is 5.69 Å². The number of benzene rings is 2. The fourth-order valence-corrected chi connectivity index (χ4v) is 3.98. The van der Waals surface area contributed by atoms with Gasteiger partial charge in [-0.15, -0.1) is 0 Å². The monoisotopic (exact) mass is 315 g/mol. The van der Waals surface area contributed by atoms with Crippen molar-refractivity contribution in [3.63, 3.8) is 0 Å². The molecule has 3 rings (SSSR count). The second-order valence-electron chi connectivity index (χ2n) is 5.15. The summed E-state index contributed by atoms with van der Waals surface area (Å²) in [5.41, 5.74) is 2.45. The summed E-state index contributed by atoms with van der Waals surface area (Å²) in [5, 5.41) is 0. The van der Waals surface area contributed by atoms with Gasteiger partial charge in [0.05, 0.1) is 18.6 Å². The lowest BCUT2D eigenvalue weighted by atomic mass is 10.1. The zero-order chi connectivity index (χ0) is 15.7. The van der Waals surface area contributed by atoms with Crippen molar-refractivity contribution in [3.05, 3.63) is 59.7 Å². The van der Waals surface area contributed by atoms with Gasteiger partial charge in [-0.2, -0.15) is 0 Å². The van der Waals surface area contributed by atoms with Gasteiger partial charge in [0.25, 0.3) is 10.0 Å². The molecule has 5 heteroatoms. The maximum Gasteiger partial charge on any atom is 0.264 e. The van der Waals surface area contributed by atoms with Crippen LogP contribution in [0.1, 0.15) is 11.1 Å². The molecule has 0 radical (unpaired) electrons. The molecule has 0 spiro atoms. The quantitative estimate of drug-likeness (QED) is 0.873. The van der Waals surface area contributed by atoms with Gasteiger partial charge in [0.2, 0.25) is 0 Å². The molecule has 0 unspecified atom stereocenters.